The predicted molar refractivity (Wildman–Crippen MR) is 72.0 cm³/mol. The van der Waals surface area contributed by atoms with E-state index in [1.165, 1.54) is 18.4 Å². The van der Waals surface area contributed by atoms with E-state index in [0.29, 0.717) is 10.6 Å². The maximum absolute atomic E-state index is 12.2. The zero-order chi connectivity index (χ0) is 14.1. The second kappa shape index (κ2) is 5.04. The second-order valence-corrected chi connectivity index (χ2v) is 5.22. The Kier molecular flexibility index (Phi) is 3.23. The van der Waals surface area contributed by atoms with E-state index in [-0.39, 0.29) is 11.7 Å². The Labute approximate surface area is 118 Å². The number of esters is 1. The summed E-state index contributed by atoms with van der Waals surface area (Å²) < 4.78 is 6.47. The first-order valence-corrected chi connectivity index (χ1v) is 6.98. The molecule has 3 heterocycles. The number of nitrogens with zero attached hydrogens (tertiary/aromatic N) is 3. The molecule has 1 aliphatic rings. The van der Waals surface area contributed by atoms with Crippen molar-refractivity contribution in [3.05, 3.63) is 28.7 Å². The molecule has 0 atom stereocenters. The van der Waals surface area contributed by atoms with Gasteiger partial charge in [0.05, 0.1) is 12.7 Å². The zero-order valence-electron chi connectivity index (χ0n) is 10.8. The van der Waals surface area contributed by atoms with Gasteiger partial charge < -0.3 is 14.6 Å². The lowest BCUT2D eigenvalue weighted by Crippen LogP contribution is -2.18. The average Bonchev–Trinajstić information content (AvgIpc) is 3.12. The van der Waals surface area contributed by atoms with Crippen molar-refractivity contribution in [1.29, 1.82) is 0 Å². The molecule has 0 aliphatic carbocycles. The van der Waals surface area contributed by atoms with Gasteiger partial charge in [0, 0.05) is 13.0 Å². The molecule has 20 heavy (non-hydrogen) atoms. The third-order valence-corrected chi connectivity index (χ3v) is 3.94. The van der Waals surface area contributed by atoms with Gasteiger partial charge >= 0.3 is 5.97 Å². The molecule has 0 bridgehead atoms. The summed E-state index contributed by atoms with van der Waals surface area (Å²) in [7, 11) is 1.30. The Morgan fingerprint density at radius 2 is 2.30 bits per heavy atom. The quantitative estimate of drug-likeness (QED) is 0.862. The van der Waals surface area contributed by atoms with E-state index >= 15 is 0 Å². The molecule has 0 saturated carbocycles. The number of rotatable bonds is 3. The molecule has 8 heteroatoms. The number of carbonyl (C=O) groups is 2. The average molecular weight is 292 g/mol. The van der Waals surface area contributed by atoms with Crippen LogP contribution in [0.15, 0.2) is 11.4 Å². The number of hydrogen-bond acceptors (Lipinski definition) is 6. The minimum Gasteiger partial charge on any atom is -0.465 e. The standard InChI is InChI=1S/C12H12N4O3S/c1-19-12(18)7-4-6-20-11(7)13-10(17)9-15-14-8-3-2-5-16(8)9/h4,6H,2-3,5H2,1H3,(H,13,17). The van der Waals surface area contributed by atoms with Gasteiger partial charge in [-0.2, -0.15) is 0 Å². The number of fused-ring (bicyclic) bond motifs is 1. The van der Waals surface area contributed by atoms with Gasteiger partial charge in [-0.05, 0) is 17.9 Å². The highest BCUT2D eigenvalue weighted by Crippen LogP contribution is 2.25. The number of nitrogens with one attached hydrogen (secondary N) is 1. The topological polar surface area (TPSA) is 86.1 Å². The third-order valence-electron chi connectivity index (χ3n) is 3.11. The van der Waals surface area contributed by atoms with Crippen LogP contribution in [0.2, 0.25) is 0 Å². The lowest BCUT2D eigenvalue weighted by atomic mass is 10.3. The summed E-state index contributed by atoms with van der Waals surface area (Å²) in [5.41, 5.74) is 0.340. The Morgan fingerprint density at radius 3 is 3.10 bits per heavy atom. The van der Waals surface area contributed by atoms with E-state index in [1.807, 2.05) is 0 Å². The van der Waals surface area contributed by atoms with Crippen molar-refractivity contribution >= 4 is 28.2 Å². The predicted octanol–water partition coefficient (Wildman–Crippen LogP) is 1.32. The summed E-state index contributed by atoms with van der Waals surface area (Å²) in [6, 6.07) is 1.61. The van der Waals surface area contributed by atoms with Crippen LogP contribution >= 0.6 is 11.3 Å². The number of anilines is 1. The van der Waals surface area contributed by atoms with E-state index in [4.69, 9.17) is 0 Å². The lowest BCUT2D eigenvalue weighted by molar-refractivity contribution is 0.0602. The molecule has 0 spiro atoms. The summed E-state index contributed by atoms with van der Waals surface area (Å²) in [6.45, 7) is 0.749. The van der Waals surface area contributed by atoms with E-state index < -0.39 is 5.97 Å². The number of ether oxygens (including phenoxy) is 1. The molecule has 2 aromatic heterocycles. The van der Waals surface area contributed by atoms with Crippen LogP contribution in [0.3, 0.4) is 0 Å². The summed E-state index contributed by atoms with van der Waals surface area (Å²) >= 11 is 1.26. The fourth-order valence-electron chi connectivity index (χ4n) is 2.15. The smallest absolute Gasteiger partial charge is 0.340 e. The molecule has 3 rings (SSSR count). The fraction of sp³-hybridized carbons (Fsp3) is 0.333. The van der Waals surface area contributed by atoms with Crippen LogP contribution in [0, 0.1) is 0 Å². The van der Waals surface area contributed by atoms with Crippen LogP contribution in [0.25, 0.3) is 0 Å². The molecule has 2 aromatic rings. The first-order valence-electron chi connectivity index (χ1n) is 6.10. The van der Waals surface area contributed by atoms with Gasteiger partial charge in [0.2, 0.25) is 5.82 Å². The SMILES string of the molecule is COC(=O)c1ccsc1NC(=O)c1nnc2n1CCC2. The first kappa shape index (κ1) is 12.8. The highest BCUT2D eigenvalue weighted by atomic mass is 32.1. The van der Waals surface area contributed by atoms with Gasteiger partial charge in [-0.1, -0.05) is 0 Å². The van der Waals surface area contributed by atoms with Crippen molar-refractivity contribution in [3.63, 3.8) is 0 Å². The van der Waals surface area contributed by atoms with Crippen molar-refractivity contribution in [3.8, 4) is 0 Å². The summed E-state index contributed by atoms with van der Waals surface area (Å²) in [4.78, 5) is 23.8. The maximum Gasteiger partial charge on any atom is 0.340 e. The van der Waals surface area contributed by atoms with Crippen molar-refractivity contribution in [2.75, 3.05) is 12.4 Å². The Bertz CT molecular complexity index is 676. The Hall–Kier alpha value is -2.22. The zero-order valence-corrected chi connectivity index (χ0v) is 11.6. The highest BCUT2D eigenvalue weighted by molar-refractivity contribution is 7.14. The maximum atomic E-state index is 12.2. The second-order valence-electron chi connectivity index (χ2n) is 4.30. The van der Waals surface area contributed by atoms with Gasteiger partial charge in [0.25, 0.3) is 5.91 Å². The van der Waals surface area contributed by atoms with Crippen molar-refractivity contribution in [2.24, 2.45) is 0 Å². The summed E-state index contributed by atoms with van der Waals surface area (Å²) in [6.07, 6.45) is 1.81. The monoisotopic (exact) mass is 292 g/mol. The molecule has 0 unspecified atom stereocenters. The minimum atomic E-state index is -0.479. The largest absolute Gasteiger partial charge is 0.465 e. The lowest BCUT2D eigenvalue weighted by Gasteiger charge is -2.05. The molecule has 0 radical (unpaired) electrons. The van der Waals surface area contributed by atoms with Gasteiger partial charge in [0.1, 0.15) is 10.8 Å². The molecule has 1 aliphatic heterocycles. The van der Waals surface area contributed by atoms with Crippen LogP contribution in [-0.2, 0) is 17.7 Å². The van der Waals surface area contributed by atoms with Crippen LogP contribution < -0.4 is 5.32 Å². The Balaban J connectivity index is 1.83. The van der Waals surface area contributed by atoms with Crippen molar-refractivity contribution in [1.82, 2.24) is 14.8 Å². The number of amides is 1. The van der Waals surface area contributed by atoms with Gasteiger partial charge in [-0.25, -0.2) is 4.79 Å². The number of hydrogen-bond donors (Lipinski definition) is 1. The molecular weight excluding hydrogens is 280 g/mol. The van der Waals surface area contributed by atoms with Gasteiger partial charge in [-0.15, -0.1) is 21.5 Å². The normalized spacial score (nSPS) is 13.1. The number of methoxy groups -OCH3 is 1. The molecule has 0 saturated heterocycles. The molecule has 0 fully saturated rings. The van der Waals surface area contributed by atoms with E-state index in [2.05, 4.69) is 20.3 Å². The van der Waals surface area contributed by atoms with E-state index in [1.54, 1.807) is 16.0 Å². The van der Waals surface area contributed by atoms with E-state index in [0.717, 1.165) is 25.2 Å². The van der Waals surface area contributed by atoms with Crippen LogP contribution in [-0.4, -0.2) is 33.8 Å². The summed E-state index contributed by atoms with van der Waals surface area (Å²) in [5.74, 6) is 0.266. The molecule has 0 aromatic carbocycles. The van der Waals surface area contributed by atoms with Crippen molar-refractivity contribution < 1.29 is 14.3 Å². The van der Waals surface area contributed by atoms with Crippen LogP contribution in [0.4, 0.5) is 5.00 Å². The van der Waals surface area contributed by atoms with Crippen LogP contribution in [0.5, 0.6) is 0 Å². The van der Waals surface area contributed by atoms with Crippen molar-refractivity contribution in [2.45, 2.75) is 19.4 Å². The first-order chi connectivity index (χ1) is 9.70. The third kappa shape index (κ3) is 2.07. The minimum absolute atomic E-state index is 0.279. The van der Waals surface area contributed by atoms with Crippen LogP contribution in [0.1, 0.15) is 33.2 Å². The molecule has 104 valence electrons. The molecular formula is C12H12N4O3S. The van der Waals surface area contributed by atoms with E-state index in [9.17, 15) is 9.59 Å². The summed E-state index contributed by atoms with van der Waals surface area (Å²) in [5, 5.41) is 12.8. The van der Waals surface area contributed by atoms with Gasteiger partial charge in [-0.3, -0.25) is 4.79 Å². The number of aromatic nitrogens is 3. The number of carbonyl (C=O) groups excluding carboxylic acids is 2. The number of aryl methyl sites for hydroxylation is 1. The van der Waals surface area contributed by atoms with Gasteiger partial charge in [0.15, 0.2) is 0 Å². The molecule has 1 N–H and O–H groups in total. The number of thiophene rings is 1. The molecule has 1 amide bonds. The fourth-order valence-corrected chi connectivity index (χ4v) is 2.92. The molecule has 7 nitrogen and oxygen atoms in total. The highest BCUT2D eigenvalue weighted by Gasteiger charge is 2.24. The Morgan fingerprint density at radius 1 is 1.45 bits per heavy atom.